The number of allylic oxidation sites excluding steroid dienone is 2. The van der Waals surface area contributed by atoms with Crippen LogP contribution >= 0.6 is 0 Å². The molecule has 2 aromatic rings. The zero-order chi connectivity index (χ0) is 25.1. The topological polar surface area (TPSA) is 53.1 Å². The lowest BCUT2D eigenvalue weighted by Gasteiger charge is -2.15. The summed E-state index contributed by atoms with van der Waals surface area (Å²) in [4.78, 5) is 13.4. The zero-order valence-corrected chi connectivity index (χ0v) is 22.7. The van der Waals surface area contributed by atoms with Crippen molar-refractivity contribution in [1.82, 2.24) is 15.3 Å². The Balaban J connectivity index is 1.68. The third kappa shape index (κ3) is 4.94. The molecule has 2 atom stereocenters. The van der Waals surface area contributed by atoms with Crippen LogP contribution in [0.5, 0.6) is 0 Å². The SMILES string of the molecule is CCC1=C(CC)C(Cc2ccccn2)NC1=Cc1[nH]c(CC2N=C(C)C(C)=C2C)c(CC)c1CC. The Morgan fingerprint density at radius 2 is 1.69 bits per heavy atom. The van der Waals surface area contributed by atoms with Crippen LogP contribution in [0, 0.1) is 0 Å². The van der Waals surface area contributed by atoms with E-state index in [-0.39, 0.29) is 6.04 Å². The van der Waals surface area contributed by atoms with Crippen LogP contribution in [0.4, 0.5) is 0 Å². The number of nitrogens with one attached hydrogen (secondary N) is 2. The predicted molar refractivity (Wildman–Crippen MR) is 149 cm³/mol. The molecule has 2 unspecified atom stereocenters. The van der Waals surface area contributed by atoms with Crippen molar-refractivity contribution in [3.05, 3.63) is 80.6 Å². The molecule has 2 N–H and O–H groups in total. The van der Waals surface area contributed by atoms with E-state index in [0.29, 0.717) is 6.04 Å². The molecule has 0 saturated heterocycles. The van der Waals surface area contributed by atoms with Gasteiger partial charge in [-0.25, -0.2) is 0 Å². The Kier molecular flexibility index (Phi) is 7.78. The van der Waals surface area contributed by atoms with Crippen LogP contribution in [0.3, 0.4) is 0 Å². The lowest BCUT2D eigenvalue weighted by atomic mass is 9.96. The highest BCUT2D eigenvalue weighted by atomic mass is 15.0. The van der Waals surface area contributed by atoms with Gasteiger partial charge in [-0.2, -0.15) is 0 Å². The monoisotopic (exact) mass is 470 g/mol. The average Bonchev–Trinajstić information content (AvgIpc) is 3.46. The maximum absolute atomic E-state index is 4.97. The molecule has 2 aliphatic heterocycles. The van der Waals surface area contributed by atoms with Gasteiger partial charge in [-0.3, -0.25) is 9.98 Å². The third-order valence-electron chi connectivity index (χ3n) is 8.05. The summed E-state index contributed by atoms with van der Waals surface area (Å²) in [6, 6.07) is 6.77. The van der Waals surface area contributed by atoms with Crippen molar-refractivity contribution >= 4 is 11.8 Å². The first-order chi connectivity index (χ1) is 16.9. The van der Waals surface area contributed by atoms with Gasteiger partial charge in [0.15, 0.2) is 0 Å². The van der Waals surface area contributed by atoms with E-state index >= 15 is 0 Å². The Morgan fingerprint density at radius 1 is 0.914 bits per heavy atom. The van der Waals surface area contributed by atoms with Gasteiger partial charge < -0.3 is 10.3 Å². The van der Waals surface area contributed by atoms with Crippen LogP contribution in [-0.2, 0) is 25.7 Å². The highest BCUT2D eigenvalue weighted by Gasteiger charge is 2.28. The van der Waals surface area contributed by atoms with E-state index in [2.05, 4.69) is 82.0 Å². The number of pyridine rings is 1. The van der Waals surface area contributed by atoms with Crippen LogP contribution in [0.15, 0.2) is 57.4 Å². The first-order valence-corrected chi connectivity index (χ1v) is 13.5. The fourth-order valence-corrected chi connectivity index (χ4v) is 5.94. The normalized spacial score (nSPS) is 21.3. The van der Waals surface area contributed by atoms with Gasteiger partial charge in [0.1, 0.15) is 0 Å². The van der Waals surface area contributed by atoms with Crippen LogP contribution in [0.25, 0.3) is 6.08 Å². The van der Waals surface area contributed by atoms with Gasteiger partial charge >= 0.3 is 0 Å². The molecule has 0 saturated carbocycles. The molecule has 0 aromatic carbocycles. The van der Waals surface area contributed by atoms with Crippen molar-refractivity contribution in [1.29, 1.82) is 0 Å². The highest BCUT2D eigenvalue weighted by molar-refractivity contribution is 6.00. The molecular formula is C31H42N4. The van der Waals surface area contributed by atoms with Gasteiger partial charge in [-0.05, 0) is 98.1 Å². The molecule has 0 aliphatic carbocycles. The molecular weight excluding hydrogens is 428 g/mol. The molecule has 4 nitrogen and oxygen atoms in total. The number of hydrogen-bond acceptors (Lipinski definition) is 3. The number of aromatic amines is 1. The number of H-pyrrole nitrogens is 1. The van der Waals surface area contributed by atoms with Crippen molar-refractivity contribution in [2.45, 2.75) is 99.1 Å². The van der Waals surface area contributed by atoms with E-state index in [1.54, 1.807) is 0 Å². The highest BCUT2D eigenvalue weighted by Crippen LogP contribution is 2.34. The molecule has 35 heavy (non-hydrogen) atoms. The van der Waals surface area contributed by atoms with Crippen molar-refractivity contribution in [3.63, 3.8) is 0 Å². The van der Waals surface area contributed by atoms with E-state index < -0.39 is 0 Å². The Morgan fingerprint density at radius 3 is 2.26 bits per heavy atom. The van der Waals surface area contributed by atoms with Gasteiger partial charge in [0.05, 0.1) is 12.1 Å². The second kappa shape index (κ2) is 10.8. The number of aromatic nitrogens is 2. The third-order valence-corrected chi connectivity index (χ3v) is 8.05. The van der Waals surface area contributed by atoms with Gasteiger partial charge in [-0.15, -0.1) is 0 Å². The molecule has 186 valence electrons. The summed E-state index contributed by atoms with van der Waals surface area (Å²) in [6.45, 7) is 15.7. The van der Waals surface area contributed by atoms with Crippen LogP contribution in [0.1, 0.15) is 89.5 Å². The average molecular weight is 471 g/mol. The summed E-state index contributed by atoms with van der Waals surface area (Å²) in [5, 5.41) is 3.88. The maximum atomic E-state index is 4.97. The molecule has 0 radical (unpaired) electrons. The molecule has 0 fully saturated rings. The standard InChI is InChI=1S/C31H42N4/c1-8-23-24(9-2)30(34-28(23)16-22-14-12-13-15-32-22)18-31-26(11-4)25(10-3)29(35-31)17-27-20(6)19(5)21(7)33-27/h12-15,18,27-28,34-35H,8-11,16-17H2,1-7H3. The second-order valence-corrected chi connectivity index (χ2v) is 9.91. The molecule has 0 spiro atoms. The lowest BCUT2D eigenvalue weighted by Crippen LogP contribution is -2.26. The number of hydrogen-bond donors (Lipinski definition) is 2. The largest absolute Gasteiger partial charge is 0.378 e. The van der Waals surface area contributed by atoms with Crippen molar-refractivity contribution in [2.24, 2.45) is 4.99 Å². The molecule has 0 amide bonds. The van der Waals surface area contributed by atoms with Crippen molar-refractivity contribution < 1.29 is 0 Å². The van der Waals surface area contributed by atoms with Gasteiger partial charge in [0.25, 0.3) is 0 Å². The van der Waals surface area contributed by atoms with E-state index in [0.717, 1.165) is 44.2 Å². The maximum Gasteiger partial charge on any atom is 0.0770 e. The summed E-state index contributed by atoms with van der Waals surface area (Å²) in [7, 11) is 0. The number of rotatable bonds is 9. The minimum Gasteiger partial charge on any atom is -0.378 e. The van der Waals surface area contributed by atoms with Gasteiger partial charge in [-0.1, -0.05) is 33.8 Å². The second-order valence-electron chi connectivity index (χ2n) is 9.91. The molecule has 2 aromatic heterocycles. The summed E-state index contributed by atoms with van der Waals surface area (Å²) >= 11 is 0. The number of aliphatic imine (C=N–C) groups is 1. The molecule has 4 heteroatoms. The Hall–Kier alpha value is -2.88. The zero-order valence-electron chi connectivity index (χ0n) is 22.7. The summed E-state index contributed by atoms with van der Waals surface area (Å²) < 4.78 is 0. The summed E-state index contributed by atoms with van der Waals surface area (Å²) in [5.74, 6) is 0. The minimum absolute atomic E-state index is 0.259. The molecule has 4 rings (SSSR count). The van der Waals surface area contributed by atoms with Crippen LogP contribution in [-0.4, -0.2) is 27.8 Å². The minimum atomic E-state index is 0.259. The van der Waals surface area contributed by atoms with Gasteiger partial charge in [0.2, 0.25) is 0 Å². The quantitative estimate of drug-likeness (QED) is 0.417. The summed E-state index contributed by atoms with van der Waals surface area (Å²) in [6.07, 6.45) is 10.3. The fourth-order valence-electron chi connectivity index (χ4n) is 5.94. The Bertz CT molecular complexity index is 1190. The molecule has 0 bridgehead atoms. The van der Waals surface area contributed by atoms with Gasteiger partial charge in [0, 0.05) is 47.5 Å². The predicted octanol–water partition coefficient (Wildman–Crippen LogP) is 6.93. The van der Waals surface area contributed by atoms with Crippen molar-refractivity contribution in [2.75, 3.05) is 0 Å². The molecule has 2 aliphatic rings. The van der Waals surface area contributed by atoms with Crippen LogP contribution < -0.4 is 5.32 Å². The Labute approximate surface area is 211 Å². The van der Waals surface area contributed by atoms with Crippen LogP contribution in [0.2, 0.25) is 0 Å². The van der Waals surface area contributed by atoms with E-state index in [9.17, 15) is 0 Å². The summed E-state index contributed by atoms with van der Waals surface area (Å²) in [5.41, 5.74) is 14.9. The smallest absolute Gasteiger partial charge is 0.0770 e. The first kappa shape index (κ1) is 25.2. The number of nitrogens with zero attached hydrogens (tertiary/aromatic N) is 2. The first-order valence-electron chi connectivity index (χ1n) is 13.5. The van der Waals surface area contributed by atoms with E-state index in [1.807, 2.05) is 12.3 Å². The lowest BCUT2D eigenvalue weighted by molar-refractivity contribution is 0.650. The van der Waals surface area contributed by atoms with E-state index in [4.69, 9.17) is 4.99 Å². The van der Waals surface area contributed by atoms with Crippen molar-refractivity contribution in [3.8, 4) is 0 Å². The van der Waals surface area contributed by atoms with E-state index in [1.165, 1.54) is 56.2 Å². The molecule has 4 heterocycles. The fraction of sp³-hybridized carbons (Fsp3) is 0.484.